The Morgan fingerprint density at radius 1 is 1.39 bits per heavy atom. The van der Waals surface area contributed by atoms with Gasteiger partial charge in [-0.1, -0.05) is 12.5 Å². The van der Waals surface area contributed by atoms with E-state index in [9.17, 15) is 9.50 Å². The van der Waals surface area contributed by atoms with Gasteiger partial charge in [0, 0.05) is 0 Å². The molecular weight excluding hydrogens is 231 g/mol. The highest BCUT2D eigenvalue weighted by Crippen LogP contribution is 2.59. The summed E-state index contributed by atoms with van der Waals surface area (Å²) in [5.74, 6) is 1.85. The summed E-state index contributed by atoms with van der Waals surface area (Å²) in [5.41, 5.74) is 0.853. The lowest BCUT2D eigenvalue weighted by molar-refractivity contribution is 0.135. The van der Waals surface area contributed by atoms with Gasteiger partial charge in [-0.2, -0.15) is 0 Å². The fraction of sp³-hybridized carbons (Fsp3) is 0.600. The molecule has 2 nitrogen and oxygen atoms in total. The first-order valence-electron chi connectivity index (χ1n) is 6.71. The lowest BCUT2D eigenvalue weighted by Gasteiger charge is -2.13. The zero-order valence-corrected chi connectivity index (χ0v) is 10.6. The van der Waals surface area contributed by atoms with Gasteiger partial charge < -0.3 is 9.84 Å². The highest BCUT2D eigenvalue weighted by molar-refractivity contribution is 5.30. The van der Waals surface area contributed by atoms with Crippen molar-refractivity contribution in [2.45, 2.75) is 31.8 Å². The molecule has 0 aliphatic heterocycles. The SMILES string of the molecule is COc1ccc(CC(O)C2C3CCCC32)cc1F. The van der Waals surface area contributed by atoms with Gasteiger partial charge in [0.1, 0.15) is 0 Å². The van der Waals surface area contributed by atoms with Crippen molar-refractivity contribution in [3.05, 3.63) is 29.6 Å². The molecule has 0 saturated heterocycles. The minimum atomic E-state index is -0.349. The Labute approximate surface area is 107 Å². The first-order chi connectivity index (χ1) is 8.70. The normalized spacial score (nSPS) is 30.9. The highest BCUT2D eigenvalue weighted by Gasteiger charge is 2.55. The average Bonchev–Trinajstić information content (AvgIpc) is 2.84. The van der Waals surface area contributed by atoms with Crippen molar-refractivity contribution >= 4 is 0 Å². The van der Waals surface area contributed by atoms with E-state index in [2.05, 4.69) is 0 Å². The molecule has 3 rings (SSSR count). The molecule has 0 amide bonds. The van der Waals surface area contributed by atoms with Gasteiger partial charge in [0.2, 0.25) is 0 Å². The molecule has 0 aromatic heterocycles. The van der Waals surface area contributed by atoms with Crippen LogP contribution in [0.4, 0.5) is 4.39 Å². The molecule has 18 heavy (non-hydrogen) atoms. The Kier molecular flexibility index (Phi) is 3.02. The van der Waals surface area contributed by atoms with Crippen LogP contribution in [0.2, 0.25) is 0 Å². The number of benzene rings is 1. The molecule has 2 saturated carbocycles. The summed E-state index contributed by atoms with van der Waals surface area (Å²) in [6, 6.07) is 4.94. The molecule has 0 radical (unpaired) electrons. The van der Waals surface area contributed by atoms with Gasteiger partial charge in [-0.3, -0.25) is 0 Å². The highest BCUT2D eigenvalue weighted by atomic mass is 19.1. The Hall–Kier alpha value is -1.09. The Morgan fingerprint density at radius 2 is 2.11 bits per heavy atom. The lowest BCUT2D eigenvalue weighted by atomic mass is 9.99. The van der Waals surface area contributed by atoms with Gasteiger partial charge in [0.05, 0.1) is 13.2 Å². The van der Waals surface area contributed by atoms with Gasteiger partial charge in [-0.15, -0.1) is 0 Å². The third-order valence-electron chi connectivity index (χ3n) is 4.58. The maximum absolute atomic E-state index is 13.5. The van der Waals surface area contributed by atoms with Crippen molar-refractivity contribution in [1.29, 1.82) is 0 Å². The van der Waals surface area contributed by atoms with E-state index in [1.165, 1.54) is 32.4 Å². The number of ether oxygens (including phenoxy) is 1. The molecule has 3 heteroatoms. The number of fused-ring (bicyclic) bond motifs is 1. The number of methoxy groups -OCH3 is 1. The van der Waals surface area contributed by atoms with Crippen LogP contribution < -0.4 is 4.74 Å². The van der Waals surface area contributed by atoms with Crippen LogP contribution in [-0.2, 0) is 6.42 Å². The Bertz CT molecular complexity index is 436. The first-order valence-corrected chi connectivity index (χ1v) is 6.71. The van der Waals surface area contributed by atoms with Crippen molar-refractivity contribution < 1.29 is 14.2 Å². The summed E-state index contributed by atoms with van der Waals surface area (Å²) in [6.07, 6.45) is 4.09. The number of hydrogen-bond donors (Lipinski definition) is 1. The third-order valence-corrected chi connectivity index (χ3v) is 4.58. The maximum Gasteiger partial charge on any atom is 0.165 e. The van der Waals surface area contributed by atoms with Crippen LogP contribution in [0.1, 0.15) is 24.8 Å². The second kappa shape index (κ2) is 4.54. The first kappa shape index (κ1) is 12.0. The van der Waals surface area contributed by atoms with Gasteiger partial charge >= 0.3 is 0 Å². The molecule has 2 fully saturated rings. The zero-order valence-electron chi connectivity index (χ0n) is 10.6. The van der Waals surface area contributed by atoms with Crippen molar-refractivity contribution in [1.82, 2.24) is 0 Å². The fourth-order valence-electron chi connectivity index (χ4n) is 3.66. The van der Waals surface area contributed by atoms with Crippen LogP contribution in [0.15, 0.2) is 18.2 Å². The largest absolute Gasteiger partial charge is 0.494 e. The summed E-state index contributed by atoms with van der Waals surface area (Å²) in [4.78, 5) is 0. The molecular formula is C15H19FO2. The molecule has 0 spiro atoms. The quantitative estimate of drug-likeness (QED) is 0.890. The van der Waals surface area contributed by atoms with Crippen LogP contribution in [0.3, 0.4) is 0 Å². The van der Waals surface area contributed by atoms with E-state index in [1.807, 2.05) is 6.07 Å². The molecule has 3 atom stereocenters. The van der Waals surface area contributed by atoms with Crippen LogP contribution >= 0.6 is 0 Å². The molecule has 0 bridgehead atoms. The number of hydrogen-bond acceptors (Lipinski definition) is 2. The van der Waals surface area contributed by atoms with Crippen LogP contribution in [-0.4, -0.2) is 18.3 Å². The van der Waals surface area contributed by atoms with E-state index in [0.717, 1.165) is 17.4 Å². The summed E-state index contributed by atoms with van der Waals surface area (Å²) in [6.45, 7) is 0. The smallest absolute Gasteiger partial charge is 0.165 e. The molecule has 2 aliphatic carbocycles. The number of rotatable bonds is 4. The van der Waals surface area contributed by atoms with E-state index >= 15 is 0 Å². The van der Waals surface area contributed by atoms with E-state index < -0.39 is 0 Å². The van der Waals surface area contributed by atoms with Gasteiger partial charge in [0.15, 0.2) is 11.6 Å². The molecule has 1 N–H and O–H groups in total. The monoisotopic (exact) mass is 250 g/mol. The van der Waals surface area contributed by atoms with Gasteiger partial charge in [-0.25, -0.2) is 4.39 Å². The van der Waals surface area contributed by atoms with E-state index in [1.54, 1.807) is 6.07 Å². The predicted octanol–water partition coefficient (Wildman–Crippen LogP) is 2.78. The standard InChI is InChI=1S/C15H19FO2/c1-18-14-6-5-9(7-12(14)16)8-13(17)15-10-3-2-4-11(10)15/h5-7,10-11,13,15,17H,2-4,8H2,1H3. The fourth-order valence-corrected chi connectivity index (χ4v) is 3.66. The molecule has 98 valence electrons. The summed E-state index contributed by atoms with van der Waals surface area (Å²) in [5, 5.41) is 10.2. The molecule has 2 aliphatic rings. The minimum Gasteiger partial charge on any atom is -0.494 e. The summed E-state index contributed by atoms with van der Waals surface area (Å²) < 4.78 is 18.4. The van der Waals surface area contributed by atoms with Crippen LogP contribution in [0.25, 0.3) is 0 Å². The Morgan fingerprint density at radius 3 is 2.72 bits per heavy atom. The van der Waals surface area contributed by atoms with Gasteiger partial charge in [-0.05, 0) is 54.7 Å². The summed E-state index contributed by atoms with van der Waals surface area (Å²) in [7, 11) is 1.46. The minimum absolute atomic E-state index is 0.261. The van der Waals surface area contributed by atoms with E-state index in [4.69, 9.17) is 4.74 Å². The van der Waals surface area contributed by atoms with E-state index in [0.29, 0.717) is 12.3 Å². The topological polar surface area (TPSA) is 29.5 Å². The molecule has 0 heterocycles. The summed E-state index contributed by atoms with van der Waals surface area (Å²) >= 11 is 0. The molecule has 3 unspecified atom stereocenters. The van der Waals surface area contributed by atoms with Crippen molar-refractivity contribution in [2.24, 2.45) is 17.8 Å². The molecule has 1 aromatic carbocycles. The second-order valence-electron chi connectivity index (χ2n) is 5.58. The Balaban J connectivity index is 1.64. The van der Waals surface area contributed by atoms with Crippen LogP contribution in [0, 0.1) is 23.6 Å². The average molecular weight is 250 g/mol. The molecule has 1 aromatic rings. The van der Waals surface area contributed by atoms with Crippen molar-refractivity contribution in [3.8, 4) is 5.75 Å². The van der Waals surface area contributed by atoms with Crippen molar-refractivity contribution in [2.75, 3.05) is 7.11 Å². The van der Waals surface area contributed by atoms with Gasteiger partial charge in [0.25, 0.3) is 0 Å². The third kappa shape index (κ3) is 2.01. The second-order valence-corrected chi connectivity index (χ2v) is 5.58. The number of aliphatic hydroxyl groups is 1. The predicted molar refractivity (Wildman–Crippen MR) is 67.0 cm³/mol. The van der Waals surface area contributed by atoms with E-state index in [-0.39, 0.29) is 17.7 Å². The van der Waals surface area contributed by atoms with Crippen LogP contribution in [0.5, 0.6) is 5.75 Å². The number of aliphatic hydroxyl groups excluding tert-OH is 1. The van der Waals surface area contributed by atoms with Crippen molar-refractivity contribution in [3.63, 3.8) is 0 Å². The number of halogens is 1. The lowest BCUT2D eigenvalue weighted by Crippen LogP contribution is -2.16. The maximum atomic E-state index is 13.5. The zero-order chi connectivity index (χ0) is 12.7.